The number of carbonyl (C=O) groups is 1. The molecule has 2 aliphatic rings. The van der Waals surface area contributed by atoms with Gasteiger partial charge in [0, 0.05) is 45.5 Å². The maximum Gasteiger partial charge on any atom is 0.230 e. The SMILES string of the molecule is CN(C)c1ccc(/C=C2\CCC[C@H]3C2=NN(C=O)[C@@H]3c2ccc(N(C)C)cc2)cc1. The van der Waals surface area contributed by atoms with E-state index in [1.807, 2.05) is 28.2 Å². The van der Waals surface area contributed by atoms with Gasteiger partial charge in [-0.1, -0.05) is 24.3 Å². The Labute approximate surface area is 179 Å². The lowest BCUT2D eigenvalue weighted by atomic mass is 9.77. The molecule has 4 rings (SSSR count). The van der Waals surface area contributed by atoms with Gasteiger partial charge < -0.3 is 9.80 Å². The van der Waals surface area contributed by atoms with Crippen LogP contribution in [0.5, 0.6) is 0 Å². The highest BCUT2D eigenvalue weighted by Gasteiger charge is 2.41. The summed E-state index contributed by atoms with van der Waals surface area (Å²) in [7, 11) is 8.16. The molecule has 5 heteroatoms. The van der Waals surface area contributed by atoms with E-state index in [1.165, 1.54) is 16.8 Å². The van der Waals surface area contributed by atoms with Crippen molar-refractivity contribution in [2.24, 2.45) is 11.0 Å². The van der Waals surface area contributed by atoms with Gasteiger partial charge >= 0.3 is 0 Å². The third-order valence-electron chi connectivity index (χ3n) is 6.14. The van der Waals surface area contributed by atoms with Crippen molar-refractivity contribution in [3.05, 3.63) is 65.2 Å². The standard InChI is InChI=1S/C25H30N4O/c1-27(2)21-12-8-18(9-13-21)16-20-6-5-7-23-24(20)26-29(17-30)25(23)19-10-14-22(15-11-19)28(3)4/h8-17,23,25H,5-7H2,1-4H3/b20-16+/t23-,25+/m0/s1. The van der Waals surface area contributed by atoms with Gasteiger partial charge in [0.15, 0.2) is 0 Å². The van der Waals surface area contributed by atoms with E-state index in [9.17, 15) is 4.79 Å². The number of hydrogen-bond donors (Lipinski definition) is 0. The Hall–Kier alpha value is -3.08. The van der Waals surface area contributed by atoms with Crippen molar-refractivity contribution in [3.63, 3.8) is 0 Å². The summed E-state index contributed by atoms with van der Waals surface area (Å²) in [5, 5.41) is 6.39. The summed E-state index contributed by atoms with van der Waals surface area (Å²) in [6.45, 7) is 0. The van der Waals surface area contributed by atoms with Crippen LogP contribution in [-0.4, -0.2) is 45.3 Å². The Morgan fingerprint density at radius 2 is 1.53 bits per heavy atom. The Bertz CT molecular complexity index is 958. The minimum atomic E-state index is -0.0199. The number of hydrogen-bond acceptors (Lipinski definition) is 4. The van der Waals surface area contributed by atoms with Crippen molar-refractivity contribution in [1.29, 1.82) is 0 Å². The van der Waals surface area contributed by atoms with Gasteiger partial charge in [0.1, 0.15) is 0 Å². The fourth-order valence-corrected chi connectivity index (χ4v) is 4.49. The lowest BCUT2D eigenvalue weighted by Gasteiger charge is -2.28. The predicted molar refractivity (Wildman–Crippen MR) is 125 cm³/mol. The maximum atomic E-state index is 11.9. The first-order valence-electron chi connectivity index (χ1n) is 10.6. The topological polar surface area (TPSA) is 39.1 Å². The van der Waals surface area contributed by atoms with Crippen LogP contribution in [0.3, 0.4) is 0 Å². The number of carbonyl (C=O) groups excluding carboxylic acids is 1. The van der Waals surface area contributed by atoms with Crippen LogP contribution < -0.4 is 9.80 Å². The fourth-order valence-electron chi connectivity index (χ4n) is 4.49. The zero-order valence-corrected chi connectivity index (χ0v) is 18.2. The van der Waals surface area contributed by atoms with Gasteiger partial charge in [-0.15, -0.1) is 0 Å². The number of hydrazone groups is 1. The molecule has 0 aromatic heterocycles. The van der Waals surface area contributed by atoms with E-state index < -0.39 is 0 Å². The Balaban J connectivity index is 1.63. The van der Waals surface area contributed by atoms with Crippen LogP contribution >= 0.6 is 0 Å². The molecule has 0 unspecified atom stereocenters. The molecule has 0 saturated heterocycles. The van der Waals surface area contributed by atoms with Gasteiger partial charge in [-0.05, 0) is 66.3 Å². The number of amides is 1. The number of fused-ring (bicyclic) bond motifs is 1. The molecule has 1 amide bonds. The van der Waals surface area contributed by atoms with E-state index in [2.05, 4.69) is 64.4 Å². The van der Waals surface area contributed by atoms with Crippen LogP contribution in [0, 0.1) is 5.92 Å². The van der Waals surface area contributed by atoms with E-state index in [1.54, 1.807) is 5.01 Å². The Kier molecular flexibility index (Phi) is 5.62. The van der Waals surface area contributed by atoms with Crippen LogP contribution in [0.25, 0.3) is 6.08 Å². The van der Waals surface area contributed by atoms with Crippen molar-refractivity contribution < 1.29 is 4.79 Å². The average Bonchev–Trinajstić information content (AvgIpc) is 3.14. The molecule has 0 bridgehead atoms. The minimum absolute atomic E-state index is 0.0199. The summed E-state index contributed by atoms with van der Waals surface area (Å²) in [6.07, 6.45) is 6.29. The second-order valence-corrected chi connectivity index (χ2v) is 8.56. The minimum Gasteiger partial charge on any atom is -0.378 e. The quantitative estimate of drug-likeness (QED) is 0.688. The van der Waals surface area contributed by atoms with Gasteiger partial charge in [-0.25, -0.2) is 5.01 Å². The summed E-state index contributed by atoms with van der Waals surface area (Å²) in [5.41, 5.74) is 6.99. The largest absolute Gasteiger partial charge is 0.378 e. The van der Waals surface area contributed by atoms with Crippen LogP contribution in [-0.2, 0) is 4.79 Å². The third kappa shape index (κ3) is 3.84. The molecule has 0 N–H and O–H groups in total. The number of nitrogens with zero attached hydrogens (tertiary/aromatic N) is 4. The Morgan fingerprint density at radius 1 is 0.933 bits per heavy atom. The number of benzene rings is 2. The summed E-state index contributed by atoms with van der Waals surface area (Å²) in [6, 6.07) is 17.0. The number of anilines is 2. The Morgan fingerprint density at radius 3 is 2.10 bits per heavy atom. The molecule has 1 fully saturated rings. The van der Waals surface area contributed by atoms with E-state index in [-0.39, 0.29) is 12.0 Å². The van der Waals surface area contributed by atoms with Gasteiger partial charge in [-0.2, -0.15) is 5.10 Å². The van der Waals surface area contributed by atoms with Gasteiger partial charge in [0.2, 0.25) is 6.41 Å². The summed E-state index contributed by atoms with van der Waals surface area (Å²) in [4.78, 5) is 16.0. The molecule has 2 aromatic rings. The van der Waals surface area contributed by atoms with Gasteiger partial charge in [0.25, 0.3) is 0 Å². The molecule has 1 aliphatic carbocycles. The summed E-state index contributed by atoms with van der Waals surface area (Å²) in [5.74, 6) is 0.251. The highest BCUT2D eigenvalue weighted by Crippen LogP contribution is 2.43. The first-order valence-corrected chi connectivity index (χ1v) is 10.6. The van der Waals surface area contributed by atoms with Crippen LogP contribution in [0.2, 0.25) is 0 Å². The molecular formula is C25H30N4O. The van der Waals surface area contributed by atoms with Crippen molar-refractivity contribution in [2.75, 3.05) is 38.0 Å². The molecule has 0 spiro atoms. The summed E-state index contributed by atoms with van der Waals surface area (Å²) < 4.78 is 0. The molecule has 2 atom stereocenters. The van der Waals surface area contributed by atoms with Crippen molar-refractivity contribution >= 4 is 29.6 Å². The first-order chi connectivity index (χ1) is 14.5. The molecular weight excluding hydrogens is 372 g/mol. The summed E-state index contributed by atoms with van der Waals surface area (Å²) >= 11 is 0. The zero-order chi connectivity index (χ0) is 21.3. The molecule has 1 aliphatic heterocycles. The highest BCUT2D eigenvalue weighted by molar-refractivity contribution is 6.07. The molecule has 1 heterocycles. The predicted octanol–water partition coefficient (Wildman–Crippen LogP) is 4.57. The lowest BCUT2D eigenvalue weighted by molar-refractivity contribution is -0.120. The van der Waals surface area contributed by atoms with Crippen molar-refractivity contribution in [1.82, 2.24) is 5.01 Å². The molecule has 0 radical (unpaired) electrons. The van der Waals surface area contributed by atoms with E-state index in [0.29, 0.717) is 0 Å². The van der Waals surface area contributed by atoms with E-state index in [4.69, 9.17) is 5.10 Å². The van der Waals surface area contributed by atoms with Crippen molar-refractivity contribution in [3.8, 4) is 0 Å². The smallest absolute Gasteiger partial charge is 0.230 e. The maximum absolute atomic E-state index is 11.9. The van der Waals surface area contributed by atoms with E-state index in [0.717, 1.165) is 42.6 Å². The monoisotopic (exact) mass is 402 g/mol. The first kappa shape index (κ1) is 20.2. The molecule has 30 heavy (non-hydrogen) atoms. The van der Waals surface area contributed by atoms with Crippen molar-refractivity contribution in [2.45, 2.75) is 25.3 Å². The number of rotatable bonds is 5. The fraction of sp³-hybridized carbons (Fsp3) is 0.360. The van der Waals surface area contributed by atoms with Gasteiger partial charge in [-0.3, -0.25) is 4.79 Å². The average molecular weight is 403 g/mol. The molecule has 2 aromatic carbocycles. The normalized spacial score (nSPS) is 21.9. The second-order valence-electron chi connectivity index (χ2n) is 8.56. The molecule has 1 saturated carbocycles. The third-order valence-corrected chi connectivity index (χ3v) is 6.14. The van der Waals surface area contributed by atoms with Crippen LogP contribution in [0.1, 0.15) is 36.4 Å². The lowest BCUT2D eigenvalue weighted by Crippen LogP contribution is -2.27. The number of allylic oxidation sites excluding steroid dienone is 1. The van der Waals surface area contributed by atoms with Crippen LogP contribution in [0.4, 0.5) is 11.4 Å². The molecule has 5 nitrogen and oxygen atoms in total. The van der Waals surface area contributed by atoms with Gasteiger partial charge in [0.05, 0.1) is 11.8 Å². The van der Waals surface area contributed by atoms with E-state index >= 15 is 0 Å². The second kappa shape index (κ2) is 8.34. The molecule has 156 valence electrons. The highest BCUT2D eigenvalue weighted by atomic mass is 16.1. The van der Waals surface area contributed by atoms with Crippen LogP contribution in [0.15, 0.2) is 59.2 Å². The zero-order valence-electron chi connectivity index (χ0n) is 18.2.